The third-order valence-electron chi connectivity index (χ3n) is 6.48. The van der Waals surface area contributed by atoms with E-state index in [1.54, 1.807) is 0 Å². The normalized spacial score (nSPS) is 48.5. The minimum Gasteiger partial charge on any atom is -0.393 e. The summed E-state index contributed by atoms with van der Waals surface area (Å²) in [5.41, 5.74) is 5.68. The van der Waals surface area contributed by atoms with Crippen LogP contribution in [0.5, 0.6) is 0 Å². The topological polar surface area (TPSA) is 84.9 Å². The summed E-state index contributed by atoms with van der Waals surface area (Å²) in [5, 5.41) is 19.4. The van der Waals surface area contributed by atoms with Crippen molar-refractivity contribution in [2.24, 2.45) is 11.7 Å². The number of ether oxygens (including phenoxy) is 2. The van der Waals surface area contributed by atoms with E-state index in [1.165, 1.54) is 0 Å². The molecule has 3 aliphatic rings. The molecule has 3 fully saturated rings. The lowest BCUT2D eigenvalue weighted by Gasteiger charge is -2.46. The van der Waals surface area contributed by atoms with Crippen molar-refractivity contribution in [2.75, 3.05) is 0 Å². The number of aliphatic hydroxyl groups is 2. The molecule has 3 rings (SSSR count). The number of rotatable bonds is 4. The predicted molar refractivity (Wildman–Crippen MR) is 93.9 cm³/mol. The molecule has 9 atom stereocenters. The molecule has 0 aromatic heterocycles. The Bertz CT molecular complexity index is 562. The summed E-state index contributed by atoms with van der Waals surface area (Å²) in [6.45, 7) is 0. The number of halogens is 6. The molecule has 0 aliphatic heterocycles. The van der Waals surface area contributed by atoms with Crippen LogP contribution in [0.15, 0.2) is 0 Å². The van der Waals surface area contributed by atoms with Crippen LogP contribution in [-0.2, 0) is 9.47 Å². The van der Waals surface area contributed by atoms with Crippen molar-refractivity contribution in [1.82, 2.24) is 0 Å². The van der Waals surface area contributed by atoms with Crippen LogP contribution in [0, 0.1) is 5.92 Å². The monoisotopic (exact) mass is 449 g/mol. The van der Waals surface area contributed by atoms with Crippen LogP contribution in [0.4, 0.5) is 26.3 Å². The van der Waals surface area contributed by atoms with Crippen molar-refractivity contribution in [2.45, 2.75) is 112 Å². The summed E-state index contributed by atoms with van der Waals surface area (Å²) in [6, 6.07) is -0.528. The van der Waals surface area contributed by atoms with Gasteiger partial charge in [0.1, 0.15) is 24.3 Å². The summed E-state index contributed by atoms with van der Waals surface area (Å²) < 4.78 is 95.6. The average Bonchev–Trinajstić information content (AvgIpc) is 2.66. The highest BCUT2D eigenvalue weighted by Gasteiger charge is 2.63. The maximum atomic E-state index is 15.2. The molecule has 176 valence electrons. The van der Waals surface area contributed by atoms with Gasteiger partial charge in [-0.25, -0.2) is 13.2 Å². The van der Waals surface area contributed by atoms with E-state index >= 15 is 4.39 Å². The zero-order chi connectivity index (χ0) is 22.2. The van der Waals surface area contributed by atoms with Crippen molar-refractivity contribution < 1.29 is 46.0 Å². The summed E-state index contributed by atoms with van der Waals surface area (Å²) in [5.74, 6) is -2.96. The van der Waals surface area contributed by atoms with Crippen LogP contribution in [0.25, 0.3) is 0 Å². The van der Waals surface area contributed by atoms with E-state index in [9.17, 15) is 32.2 Å². The maximum absolute atomic E-state index is 15.2. The van der Waals surface area contributed by atoms with Gasteiger partial charge in [-0.2, -0.15) is 13.2 Å². The van der Waals surface area contributed by atoms with E-state index in [-0.39, 0.29) is 38.5 Å². The van der Waals surface area contributed by atoms with Crippen LogP contribution in [-0.4, -0.2) is 77.6 Å². The SMILES string of the molecule is NC1CCC(OC2C(F)C(F)C(C(F)(F)F)C(OC3CCC(O)CC3)C2F)CC1O. The summed E-state index contributed by atoms with van der Waals surface area (Å²) in [7, 11) is 0. The predicted octanol–water partition coefficient (Wildman–Crippen LogP) is 2.51. The van der Waals surface area contributed by atoms with Crippen molar-refractivity contribution in [3.05, 3.63) is 0 Å². The molecule has 0 aromatic carbocycles. The summed E-state index contributed by atoms with van der Waals surface area (Å²) in [6.07, 6.45) is -19.7. The molecule has 0 saturated heterocycles. The van der Waals surface area contributed by atoms with Gasteiger partial charge in [0.05, 0.1) is 24.4 Å². The molecule has 0 spiro atoms. The summed E-state index contributed by atoms with van der Waals surface area (Å²) >= 11 is 0. The quantitative estimate of drug-likeness (QED) is 0.575. The standard InChI is InChI=1S/C19H29F6NO4/c20-14-13(19(23,24)25)17(29-9-3-1-8(27)2-4-9)16(22)18(15(14)21)30-10-5-6-11(26)12(28)7-10/h8-18,27-28H,1-7,26H2. The van der Waals surface area contributed by atoms with E-state index < -0.39 is 73.3 Å². The highest BCUT2D eigenvalue weighted by Crippen LogP contribution is 2.45. The molecule has 0 bridgehead atoms. The van der Waals surface area contributed by atoms with E-state index in [0.717, 1.165) is 0 Å². The highest BCUT2D eigenvalue weighted by atomic mass is 19.4. The fourth-order valence-electron chi connectivity index (χ4n) is 4.68. The minimum atomic E-state index is -5.20. The Hall–Kier alpha value is -0.620. The molecule has 30 heavy (non-hydrogen) atoms. The van der Waals surface area contributed by atoms with Crippen molar-refractivity contribution in [3.8, 4) is 0 Å². The fourth-order valence-corrected chi connectivity index (χ4v) is 4.68. The first-order valence-electron chi connectivity index (χ1n) is 10.4. The van der Waals surface area contributed by atoms with Gasteiger partial charge in [0, 0.05) is 12.5 Å². The zero-order valence-electron chi connectivity index (χ0n) is 16.4. The number of hydrogen-bond donors (Lipinski definition) is 3. The van der Waals surface area contributed by atoms with E-state index in [1.807, 2.05) is 0 Å². The molecular formula is C19H29F6NO4. The Labute approximate surface area is 170 Å². The van der Waals surface area contributed by atoms with E-state index in [4.69, 9.17) is 15.2 Å². The third kappa shape index (κ3) is 5.23. The van der Waals surface area contributed by atoms with Gasteiger partial charge in [-0.15, -0.1) is 0 Å². The Morgan fingerprint density at radius 1 is 0.733 bits per heavy atom. The average molecular weight is 449 g/mol. The molecule has 11 heteroatoms. The van der Waals surface area contributed by atoms with Gasteiger partial charge in [0.2, 0.25) is 0 Å². The van der Waals surface area contributed by atoms with Gasteiger partial charge in [0.15, 0.2) is 12.3 Å². The minimum absolute atomic E-state index is 0.0389. The molecule has 0 heterocycles. The van der Waals surface area contributed by atoms with E-state index in [0.29, 0.717) is 6.42 Å². The molecule has 3 aliphatic carbocycles. The Morgan fingerprint density at radius 3 is 1.87 bits per heavy atom. The molecule has 5 nitrogen and oxygen atoms in total. The summed E-state index contributed by atoms with van der Waals surface area (Å²) in [4.78, 5) is 0. The molecule has 9 unspecified atom stereocenters. The molecular weight excluding hydrogens is 420 g/mol. The van der Waals surface area contributed by atoms with Gasteiger partial charge in [-0.1, -0.05) is 0 Å². The number of alkyl halides is 6. The second-order valence-electron chi connectivity index (χ2n) is 8.70. The molecule has 0 aromatic rings. The van der Waals surface area contributed by atoms with Crippen LogP contribution < -0.4 is 5.73 Å². The van der Waals surface area contributed by atoms with Crippen molar-refractivity contribution >= 4 is 0 Å². The second-order valence-corrected chi connectivity index (χ2v) is 8.70. The first-order chi connectivity index (χ1) is 14.0. The van der Waals surface area contributed by atoms with Crippen molar-refractivity contribution in [1.29, 1.82) is 0 Å². The lowest BCUT2D eigenvalue weighted by Crippen LogP contribution is -2.63. The second kappa shape index (κ2) is 9.48. The molecule has 0 radical (unpaired) electrons. The van der Waals surface area contributed by atoms with Crippen LogP contribution in [0.3, 0.4) is 0 Å². The van der Waals surface area contributed by atoms with Crippen LogP contribution >= 0.6 is 0 Å². The van der Waals surface area contributed by atoms with Crippen molar-refractivity contribution in [3.63, 3.8) is 0 Å². The van der Waals surface area contributed by atoms with Crippen LogP contribution in [0.1, 0.15) is 44.9 Å². The Balaban J connectivity index is 1.76. The molecule has 0 amide bonds. The van der Waals surface area contributed by atoms with E-state index in [2.05, 4.69) is 0 Å². The largest absolute Gasteiger partial charge is 0.397 e. The first-order valence-corrected chi connectivity index (χ1v) is 10.4. The van der Waals surface area contributed by atoms with Gasteiger partial charge in [0.25, 0.3) is 0 Å². The first kappa shape index (κ1) is 24.0. The molecule has 4 N–H and O–H groups in total. The number of aliphatic hydroxyl groups excluding tert-OH is 2. The smallest absolute Gasteiger partial charge is 0.393 e. The van der Waals surface area contributed by atoms with Crippen LogP contribution in [0.2, 0.25) is 0 Å². The maximum Gasteiger partial charge on any atom is 0.397 e. The Kier molecular flexibility index (Phi) is 7.59. The lowest BCUT2D eigenvalue weighted by atomic mass is 9.79. The molecule has 3 saturated carbocycles. The fraction of sp³-hybridized carbons (Fsp3) is 1.00. The highest BCUT2D eigenvalue weighted by molar-refractivity contribution is 5.04. The van der Waals surface area contributed by atoms with Gasteiger partial charge in [-0.05, 0) is 38.5 Å². The number of nitrogens with two attached hydrogens (primary N) is 1. The van der Waals surface area contributed by atoms with Gasteiger partial charge >= 0.3 is 6.18 Å². The third-order valence-corrected chi connectivity index (χ3v) is 6.48. The van der Waals surface area contributed by atoms with Gasteiger partial charge in [-0.3, -0.25) is 0 Å². The number of hydrogen-bond acceptors (Lipinski definition) is 5. The van der Waals surface area contributed by atoms with Gasteiger partial charge < -0.3 is 25.4 Å². The zero-order valence-corrected chi connectivity index (χ0v) is 16.4. The Morgan fingerprint density at radius 2 is 1.30 bits per heavy atom. The lowest BCUT2D eigenvalue weighted by molar-refractivity contribution is -0.284.